The van der Waals surface area contributed by atoms with Gasteiger partial charge in [-0.1, -0.05) is 32.9 Å². The van der Waals surface area contributed by atoms with Crippen molar-refractivity contribution in [2.24, 2.45) is 0 Å². The van der Waals surface area contributed by atoms with E-state index in [9.17, 15) is 4.79 Å². The minimum Gasteiger partial charge on any atom is -0.532 e. The summed E-state index contributed by atoms with van der Waals surface area (Å²) in [6.45, 7) is 11.3. The van der Waals surface area contributed by atoms with Crippen molar-refractivity contribution in [1.82, 2.24) is 4.90 Å². The summed E-state index contributed by atoms with van der Waals surface area (Å²) in [7, 11) is -0.565. The van der Waals surface area contributed by atoms with Gasteiger partial charge in [0.2, 0.25) is 0 Å². The van der Waals surface area contributed by atoms with Crippen LogP contribution in [0.15, 0.2) is 24.1 Å². The fourth-order valence-electron chi connectivity index (χ4n) is 1.27. The van der Waals surface area contributed by atoms with Gasteiger partial charge >= 0.3 is 6.09 Å². The van der Waals surface area contributed by atoms with Crippen LogP contribution in [0, 0.1) is 0 Å². The SMILES string of the molecule is COC(=O)N1CC=CC=C1O[Si](C)(C)C(C)(C)C. The number of ether oxygens (including phenoxy) is 1. The van der Waals surface area contributed by atoms with Gasteiger partial charge in [-0.15, -0.1) is 0 Å². The number of rotatable bonds is 2. The summed E-state index contributed by atoms with van der Waals surface area (Å²) in [5.74, 6) is 0.593. The molecule has 1 amide bonds. The van der Waals surface area contributed by atoms with Gasteiger partial charge in [-0.05, 0) is 24.2 Å². The van der Waals surface area contributed by atoms with E-state index < -0.39 is 8.32 Å². The minimum absolute atomic E-state index is 0.0940. The van der Waals surface area contributed by atoms with Gasteiger partial charge in [0.05, 0.1) is 13.7 Å². The molecule has 0 bridgehead atoms. The van der Waals surface area contributed by atoms with Crippen molar-refractivity contribution in [3.05, 3.63) is 24.1 Å². The maximum atomic E-state index is 11.7. The molecule has 1 aliphatic rings. The van der Waals surface area contributed by atoms with Crippen LogP contribution in [0.25, 0.3) is 0 Å². The van der Waals surface area contributed by atoms with Crippen LogP contribution in [0.4, 0.5) is 4.79 Å². The van der Waals surface area contributed by atoms with Gasteiger partial charge in [0, 0.05) is 0 Å². The molecule has 1 aliphatic heterocycles. The number of hydrogen-bond donors (Lipinski definition) is 0. The van der Waals surface area contributed by atoms with Crippen molar-refractivity contribution in [3.8, 4) is 0 Å². The second kappa shape index (κ2) is 5.18. The molecule has 0 saturated heterocycles. The fourth-order valence-corrected chi connectivity index (χ4v) is 2.28. The summed E-state index contributed by atoms with van der Waals surface area (Å²) >= 11 is 0. The van der Waals surface area contributed by atoms with Crippen molar-refractivity contribution in [3.63, 3.8) is 0 Å². The zero-order valence-electron chi connectivity index (χ0n) is 12.1. The van der Waals surface area contributed by atoms with Gasteiger partial charge in [-0.2, -0.15) is 0 Å². The van der Waals surface area contributed by atoms with Crippen LogP contribution in [0.2, 0.25) is 18.1 Å². The third-order valence-electron chi connectivity index (χ3n) is 3.49. The van der Waals surface area contributed by atoms with Gasteiger partial charge in [0.25, 0.3) is 8.32 Å². The Labute approximate surface area is 110 Å². The smallest absolute Gasteiger partial charge is 0.416 e. The Kier molecular flexibility index (Phi) is 4.27. The van der Waals surface area contributed by atoms with Crippen LogP contribution >= 0.6 is 0 Å². The molecule has 0 atom stereocenters. The molecule has 4 nitrogen and oxygen atoms in total. The van der Waals surface area contributed by atoms with Crippen LogP contribution in [0.5, 0.6) is 0 Å². The van der Waals surface area contributed by atoms with E-state index in [4.69, 9.17) is 9.16 Å². The first-order valence-electron chi connectivity index (χ1n) is 6.10. The molecule has 0 N–H and O–H groups in total. The molecule has 0 unspecified atom stereocenters. The van der Waals surface area contributed by atoms with Gasteiger partial charge in [-0.3, -0.25) is 0 Å². The van der Waals surface area contributed by atoms with E-state index in [0.29, 0.717) is 12.4 Å². The average Bonchev–Trinajstić information content (AvgIpc) is 2.26. The fraction of sp³-hybridized carbons (Fsp3) is 0.615. The first-order chi connectivity index (χ1) is 8.19. The highest BCUT2D eigenvalue weighted by molar-refractivity contribution is 6.74. The molecule has 0 spiro atoms. The van der Waals surface area contributed by atoms with Crippen LogP contribution in [0.3, 0.4) is 0 Å². The molecule has 0 saturated carbocycles. The van der Waals surface area contributed by atoms with Crippen molar-refractivity contribution >= 4 is 14.4 Å². The van der Waals surface area contributed by atoms with Crippen LogP contribution in [-0.4, -0.2) is 33.0 Å². The highest BCUT2D eigenvalue weighted by atomic mass is 28.4. The first kappa shape index (κ1) is 14.8. The molecule has 0 aromatic rings. The summed E-state index contributed by atoms with van der Waals surface area (Å²) in [4.78, 5) is 13.2. The molecule has 0 aromatic carbocycles. The number of carbonyl (C=O) groups excluding carboxylic acids is 1. The average molecular weight is 269 g/mol. The molecule has 1 heterocycles. The zero-order valence-corrected chi connectivity index (χ0v) is 13.1. The zero-order chi connectivity index (χ0) is 14.0. The normalized spacial score (nSPS) is 16.3. The van der Waals surface area contributed by atoms with Crippen molar-refractivity contribution < 1.29 is 14.0 Å². The Bertz CT molecular complexity index is 380. The molecule has 102 valence electrons. The van der Waals surface area contributed by atoms with E-state index in [1.165, 1.54) is 12.0 Å². The number of methoxy groups -OCH3 is 1. The Morgan fingerprint density at radius 2 is 2.00 bits per heavy atom. The van der Waals surface area contributed by atoms with E-state index in [0.717, 1.165) is 0 Å². The van der Waals surface area contributed by atoms with Crippen LogP contribution in [-0.2, 0) is 9.16 Å². The van der Waals surface area contributed by atoms with E-state index in [1.54, 1.807) is 0 Å². The number of allylic oxidation sites excluding steroid dienone is 2. The molecule has 1 rings (SSSR count). The predicted molar refractivity (Wildman–Crippen MR) is 74.6 cm³/mol. The maximum Gasteiger partial charge on any atom is 0.416 e. The van der Waals surface area contributed by atoms with Gasteiger partial charge in [-0.25, -0.2) is 9.69 Å². The van der Waals surface area contributed by atoms with Gasteiger partial charge < -0.3 is 9.16 Å². The third-order valence-corrected chi connectivity index (χ3v) is 7.82. The summed E-state index contributed by atoms with van der Waals surface area (Å²) in [5.41, 5.74) is 0. The summed E-state index contributed by atoms with van der Waals surface area (Å²) in [6.07, 6.45) is 5.24. The van der Waals surface area contributed by atoms with Crippen LogP contribution < -0.4 is 0 Å². The Morgan fingerprint density at radius 3 is 2.50 bits per heavy atom. The lowest BCUT2D eigenvalue weighted by molar-refractivity contribution is 0.119. The molecular formula is C13H23NO3Si. The van der Waals surface area contributed by atoms with E-state index in [2.05, 4.69) is 33.9 Å². The van der Waals surface area contributed by atoms with E-state index >= 15 is 0 Å². The maximum absolute atomic E-state index is 11.7. The minimum atomic E-state index is -1.94. The lowest BCUT2D eigenvalue weighted by Gasteiger charge is -2.39. The summed E-state index contributed by atoms with van der Waals surface area (Å²) < 4.78 is 10.9. The molecule has 5 heteroatoms. The van der Waals surface area contributed by atoms with Gasteiger partial charge in [0.1, 0.15) is 0 Å². The topological polar surface area (TPSA) is 38.8 Å². The molecule has 18 heavy (non-hydrogen) atoms. The molecule has 0 fully saturated rings. The van der Waals surface area contributed by atoms with Crippen molar-refractivity contribution in [1.29, 1.82) is 0 Å². The lowest BCUT2D eigenvalue weighted by atomic mass is 10.2. The molecule has 0 radical (unpaired) electrons. The summed E-state index contributed by atoms with van der Waals surface area (Å²) in [5, 5.41) is 0.0940. The number of amides is 1. The molecule has 0 aliphatic carbocycles. The Hall–Kier alpha value is -1.23. The second-order valence-electron chi connectivity index (χ2n) is 5.88. The summed E-state index contributed by atoms with van der Waals surface area (Å²) in [6, 6.07) is 0. The highest BCUT2D eigenvalue weighted by Gasteiger charge is 2.40. The quantitative estimate of drug-likeness (QED) is 0.720. The van der Waals surface area contributed by atoms with E-state index in [-0.39, 0.29) is 11.1 Å². The largest absolute Gasteiger partial charge is 0.532 e. The van der Waals surface area contributed by atoms with Gasteiger partial charge in [0.15, 0.2) is 5.88 Å². The highest BCUT2D eigenvalue weighted by Crippen LogP contribution is 2.38. The van der Waals surface area contributed by atoms with Crippen molar-refractivity contribution in [2.75, 3.05) is 13.7 Å². The molecule has 0 aromatic heterocycles. The van der Waals surface area contributed by atoms with Crippen LogP contribution in [0.1, 0.15) is 20.8 Å². The monoisotopic (exact) mass is 269 g/mol. The second-order valence-corrected chi connectivity index (χ2v) is 10.6. The lowest BCUT2D eigenvalue weighted by Crippen LogP contribution is -2.44. The first-order valence-corrected chi connectivity index (χ1v) is 9.01. The predicted octanol–water partition coefficient (Wildman–Crippen LogP) is 3.49. The number of carbonyl (C=O) groups is 1. The van der Waals surface area contributed by atoms with E-state index in [1.807, 2.05) is 18.2 Å². The third kappa shape index (κ3) is 3.16. The number of nitrogens with zero attached hydrogens (tertiary/aromatic N) is 1. The van der Waals surface area contributed by atoms with Crippen molar-refractivity contribution in [2.45, 2.75) is 38.9 Å². The number of hydrogen-bond acceptors (Lipinski definition) is 3. The molecular weight excluding hydrogens is 246 g/mol. The Balaban J connectivity index is 2.90. The standard InChI is InChI=1S/C13H23NO3Si/c1-13(2,3)18(5,6)17-11-9-7-8-10-14(11)12(15)16-4/h7-9H,10H2,1-6H3. The Morgan fingerprint density at radius 1 is 1.39 bits per heavy atom.